The molecular weight excluding hydrogens is 386 g/mol. The molecule has 0 radical (unpaired) electrons. The van der Waals surface area contributed by atoms with Gasteiger partial charge in [0.2, 0.25) is 0 Å². The zero-order valence-electron chi connectivity index (χ0n) is 23.0. The van der Waals surface area contributed by atoms with E-state index in [0.29, 0.717) is 0 Å². The number of nitrogens with zero attached hydrogens (tertiary/aromatic N) is 1. The van der Waals surface area contributed by atoms with Gasteiger partial charge < -0.3 is 4.90 Å². The molecule has 32 heavy (non-hydrogen) atoms. The average molecular weight is 442 g/mol. The first-order chi connectivity index (χ1) is 15.3. The summed E-state index contributed by atoms with van der Waals surface area (Å²) in [5.74, 6) is 0. The third-order valence-electron chi connectivity index (χ3n) is 6.25. The molecule has 0 aliphatic rings. The maximum atomic E-state index is 2.52. The van der Waals surface area contributed by atoms with Gasteiger partial charge in [-0.25, -0.2) is 0 Å². The smallest absolute Gasteiger partial charge is 0.00159 e. The molecule has 1 heteroatoms. The van der Waals surface area contributed by atoms with Crippen molar-refractivity contribution in [3.8, 4) is 0 Å². The van der Waals surface area contributed by atoms with Crippen LogP contribution in [0.5, 0.6) is 0 Å². The Balaban J connectivity index is 4.04. The largest absolute Gasteiger partial charge is 0.304 e. The summed E-state index contributed by atoms with van der Waals surface area (Å²) in [6.07, 6.45) is 24.1. The Kier molecular flexibility index (Phi) is 19.4. The molecule has 0 saturated carbocycles. The van der Waals surface area contributed by atoms with Crippen LogP contribution in [0, 0.1) is 0 Å². The van der Waals surface area contributed by atoms with Crippen molar-refractivity contribution in [3.63, 3.8) is 0 Å². The Labute approximate surface area is 202 Å². The predicted octanol–water partition coefficient (Wildman–Crippen LogP) is 9.98. The second-order valence-corrected chi connectivity index (χ2v) is 9.81. The summed E-state index contributed by atoms with van der Waals surface area (Å²) in [6, 6.07) is 0. The minimum Gasteiger partial charge on any atom is -0.304 e. The minimum atomic E-state index is 1.17. The Morgan fingerprint density at radius 2 is 0.875 bits per heavy atom. The summed E-state index contributed by atoms with van der Waals surface area (Å²) in [6.45, 7) is 21.6. The van der Waals surface area contributed by atoms with Crippen LogP contribution in [0.15, 0.2) is 58.2 Å². The molecule has 0 unspecified atom stereocenters. The Morgan fingerprint density at radius 3 is 1.28 bits per heavy atom. The molecule has 0 heterocycles. The molecule has 1 nitrogen and oxygen atoms in total. The highest BCUT2D eigenvalue weighted by Crippen LogP contribution is 2.14. The molecule has 0 aliphatic carbocycles. The predicted molar refractivity (Wildman–Crippen MR) is 148 cm³/mol. The van der Waals surface area contributed by atoms with Crippen molar-refractivity contribution in [1.29, 1.82) is 0 Å². The van der Waals surface area contributed by atoms with Gasteiger partial charge in [0.15, 0.2) is 0 Å². The topological polar surface area (TPSA) is 3.24 Å². The van der Waals surface area contributed by atoms with Gasteiger partial charge in [0.05, 0.1) is 0 Å². The van der Waals surface area contributed by atoms with Crippen molar-refractivity contribution < 1.29 is 0 Å². The maximum absolute atomic E-state index is 2.52. The van der Waals surface area contributed by atoms with Crippen LogP contribution in [0.3, 0.4) is 0 Å². The third-order valence-corrected chi connectivity index (χ3v) is 6.25. The second kappa shape index (κ2) is 20.3. The quantitative estimate of drug-likeness (QED) is 0.151. The first kappa shape index (κ1) is 30.7. The van der Waals surface area contributed by atoms with Gasteiger partial charge in [-0.3, -0.25) is 0 Å². The fourth-order valence-electron chi connectivity index (χ4n) is 3.87. The Morgan fingerprint density at radius 1 is 0.500 bits per heavy atom. The van der Waals surface area contributed by atoms with Crippen LogP contribution in [-0.2, 0) is 0 Å². The van der Waals surface area contributed by atoms with E-state index >= 15 is 0 Å². The normalized spacial score (nSPS) is 13.8. The van der Waals surface area contributed by atoms with E-state index in [1.807, 2.05) is 0 Å². The zero-order valence-corrected chi connectivity index (χ0v) is 23.0. The monoisotopic (exact) mass is 441 g/mol. The average Bonchev–Trinajstić information content (AvgIpc) is 2.74. The molecule has 0 aromatic rings. The van der Waals surface area contributed by atoms with E-state index in [1.54, 1.807) is 5.57 Å². The Hall–Kier alpha value is -1.34. The summed E-state index contributed by atoms with van der Waals surface area (Å²) in [4.78, 5) is 2.52. The molecule has 0 aromatic heterocycles. The van der Waals surface area contributed by atoms with E-state index in [4.69, 9.17) is 0 Å². The van der Waals surface area contributed by atoms with Crippen LogP contribution in [0.25, 0.3) is 0 Å². The lowest BCUT2D eigenvalue weighted by Gasteiger charge is -2.17. The molecule has 0 rings (SSSR count). The van der Waals surface area contributed by atoms with Crippen molar-refractivity contribution in [2.45, 2.75) is 120 Å². The van der Waals surface area contributed by atoms with Crippen molar-refractivity contribution >= 4 is 0 Å². The highest BCUT2D eigenvalue weighted by molar-refractivity contribution is 5.07. The molecule has 0 saturated heterocycles. The Bertz CT molecular complexity index is 619. The molecule has 0 spiro atoms. The first-order valence-electron chi connectivity index (χ1n) is 13.3. The fraction of sp³-hybridized carbons (Fsp3) is 0.677. The van der Waals surface area contributed by atoms with Gasteiger partial charge >= 0.3 is 0 Å². The molecule has 0 bridgehead atoms. The molecular formula is C31H55N. The van der Waals surface area contributed by atoms with Crippen LogP contribution in [0.4, 0.5) is 0 Å². The highest BCUT2D eigenvalue weighted by atomic mass is 15.1. The van der Waals surface area contributed by atoms with Crippen LogP contribution >= 0.6 is 0 Å². The lowest BCUT2D eigenvalue weighted by Crippen LogP contribution is -2.23. The van der Waals surface area contributed by atoms with Crippen molar-refractivity contribution in [1.82, 2.24) is 4.90 Å². The van der Waals surface area contributed by atoms with Gasteiger partial charge in [-0.15, -0.1) is 0 Å². The molecule has 0 aliphatic heterocycles. The van der Waals surface area contributed by atoms with Crippen molar-refractivity contribution in [2.24, 2.45) is 0 Å². The summed E-state index contributed by atoms with van der Waals surface area (Å²) < 4.78 is 0. The molecule has 0 amide bonds. The van der Waals surface area contributed by atoms with Crippen molar-refractivity contribution in [3.05, 3.63) is 58.2 Å². The highest BCUT2D eigenvalue weighted by Gasteiger charge is 1.99. The maximum Gasteiger partial charge on any atom is -0.00159 e. The summed E-state index contributed by atoms with van der Waals surface area (Å²) in [7, 11) is 0. The molecule has 0 atom stereocenters. The van der Waals surface area contributed by atoms with E-state index in [0.717, 1.165) is 0 Å². The van der Waals surface area contributed by atoms with Gasteiger partial charge in [0.25, 0.3) is 0 Å². The summed E-state index contributed by atoms with van der Waals surface area (Å²) >= 11 is 0. The van der Waals surface area contributed by atoms with Crippen LogP contribution < -0.4 is 0 Å². The van der Waals surface area contributed by atoms with Crippen molar-refractivity contribution in [2.75, 3.05) is 19.6 Å². The van der Waals surface area contributed by atoms with Crippen LogP contribution in [-0.4, -0.2) is 24.5 Å². The molecule has 0 N–H and O–H groups in total. The minimum absolute atomic E-state index is 1.17. The van der Waals surface area contributed by atoms with Gasteiger partial charge in [-0.1, -0.05) is 72.1 Å². The van der Waals surface area contributed by atoms with Gasteiger partial charge in [-0.05, 0) is 125 Å². The van der Waals surface area contributed by atoms with E-state index in [-0.39, 0.29) is 0 Å². The molecule has 0 fully saturated rings. The van der Waals surface area contributed by atoms with E-state index < -0.39 is 0 Å². The summed E-state index contributed by atoms with van der Waals surface area (Å²) in [5.41, 5.74) is 7.59. The number of allylic oxidation sites excluding steroid dienone is 10. The third kappa shape index (κ3) is 19.4. The van der Waals surface area contributed by atoms with E-state index in [2.05, 4.69) is 90.7 Å². The van der Waals surface area contributed by atoms with Gasteiger partial charge in [-0.2, -0.15) is 0 Å². The second-order valence-electron chi connectivity index (χ2n) is 9.81. The first-order valence-corrected chi connectivity index (χ1v) is 13.3. The van der Waals surface area contributed by atoms with Crippen LogP contribution in [0.1, 0.15) is 120 Å². The standard InChI is InChI=1S/C31H55N/c1-9-32(10-2)26-16-25-31(8)24-15-22-29(6)19-12-11-18-28(5)21-14-23-30(7)20-13-17-27(3)4/h17-19,23-24H,9-16,20-22,25-26H2,1-8H3/b28-18-,29-19-,30-23-,31-24-. The zero-order chi connectivity index (χ0) is 24.2. The molecule has 184 valence electrons. The lowest BCUT2D eigenvalue weighted by atomic mass is 10.0. The van der Waals surface area contributed by atoms with Gasteiger partial charge in [0, 0.05) is 0 Å². The number of rotatable bonds is 18. The lowest BCUT2D eigenvalue weighted by molar-refractivity contribution is 0.300. The van der Waals surface area contributed by atoms with Gasteiger partial charge in [0.1, 0.15) is 0 Å². The number of hydrogen-bond acceptors (Lipinski definition) is 1. The SMILES string of the molecule is CCN(CC)CCC/C(C)=C\CC/C(C)=C\CC/C=C(/C)CC/C=C(/C)CCC=C(C)C. The van der Waals surface area contributed by atoms with Crippen LogP contribution in [0.2, 0.25) is 0 Å². The molecule has 0 aromatic carbocycles. The van der Waals surface area contributed by atoms with E-state index in [9.17, 15) is 0 Å². The number of hydrogen-bond donors (Lipinski definition) is 0. The van der Waals surface area contributed by atoms with E-state index in [1.165, 1.54) is 106 Å². The number of unbranched alkanes of at least 4 members (excludes halogenated alkanes) is 1. The summed E-state index contributed by atoms with van der Waals surface area (Å²) in [5, 5.41) is 0. The fourth-order valence-corrected chi connectivity index (χ4v) is 3.87.